The molecule has 26 heteroatoms. The Kier molecular flexibility index (Phi) is 21.5. The molecule has 60 heavy (non-hydrogen) atoms. The van der Waals surface area contributed by atoms with E-state index >= 15 is 0 Å². The van der Waals surface area contributed by atoms with Gasteiger partial charge in [-0.05, 0) is 136 Å². The molecular formula is C34H40I6N6O14. The number of halogens is 6. The second-order valence-electron chi connectivity index (χ2n) is 13.1. The molecule has 1 aliphatic rings. The zero-order valence-corrected chi connectivity index (χ0v) is 44.4. The number of carbonyl (C=O) groups is 6. The van der Waals surface area contributed by atoms with E-state index < -0.39 is 86.3 Å². The normalized spacial score (nSPS) is 14.9. The van der Waals surface area contributed by atoms with Gasteiger partial charge < -0.3 is 71.1 Å². The third-order valence-corrected chi connectivity index (χ3v) is 15.3. The van der Waals surface area contributed by atoms with Gasteiger partial charge in [-0.25, -0.2) is 0 Å². The number of amides is 6. The molecule has 3 rings (SSSR count). The van der Waals surface area contributed by atoms with Crippen LogP contribution in [0.3, 0.4) is 0 Å². The van der Waals surface area contributed by atoms with Crippen LogP contribution in [0.1, 0.15) is 41.4 Å². The number of benzene rings is 2. The molecule has 332 valence electrons. The molecule has 2 aromatic carbocycles. The number of carbonyl (C=O) groups excluding carboxylic acids is 6. The summed E-state index contributed by atoms with van der Waals surface area (Å²) in [7, 11) is 2.75. The minimum atomic E-state index is -1.82. The van der Waals surface area contributed by atoms with Crippen LogP contribution in [0.5, 0.6) is 0 Å². The topological polar surface area (TPSA) is 301 Å². The number of aliphatic hydroxyl groups is 8. The van der Waals surface area contributed by atoms with E-state index in [1.165, 1.54) is 23.9 Å². The predicted molar refractivity (Wildman–Crippen MR) is 265 cm³/mol. The average molecular weight is 1520 g/mol. The fourth-order valence-electron chi connectivity index (χ4n) is 5.60. The molecule has 6 amide bonds. The first-order valence-electron chi connectivity index (χ1n) is 17.4. The highest BCUT2D eigenvalue weighted by atomic mass is 127. The highest BCUT2D eigenvalue weighted by Gasteiger charge is 2.37. The van der Waals surface area contributed by atoms with Gasteiger partial charge in [-0.2, -0.15) is 0 Å². The average Bonchev–Trinajstić information content (AvgIpc) is 3.22. The molecule has 1 heterocycles. The van der Waals surface area contributed by atoms with Crippen LogP contribution in [-0.4, -0.2) is 200 Å². The molecule has 1 fully saturated rings. The molecule has 1 aliphatic heterocycles. The molecule has 10 N–H and O–H groups in total. The Morgan fingerprint density at radius 1 is 0.517 bits per heavy atom. The van der Waals surface area contributed by atoms with Gasteiger partial charge in [0.1, 0.15) is 0 Å². The number of hydrogen-bond donors (Lipinski definition) is 10. The maximum absolute atomic E-state index is 14.4. The first kappa shape index (κ1) is 53.7. The number of likely N-dealkylation sites (N-methyl/N-ethyl adjacent to an activating group) is 2. The predicted octanol–water partition coefficient (Wildman–Crippen LogP) is -0.654. The molecule has 20 nitrogen and oxygen atoms in total. The van der Waals surface area contributed by atoms with Crippen LogP contribution in [0.4, 0.5) is 11.4 Å². The largest absolute Gasteiger partial charge is 0.394 e. The molecule has 0 saturated carbocycles. The molecule has 4 atom stereocenters. The number of aliphatic hydroxyl groups excluding tert-OH is 8. The maximum atomic E-state index is 14.4. The highest BCUT2D eigenvalue weighted by molar-refractivity contribution is 14.1. The highest BCUT2D eigenvalue weighted by Crippen LogP contribution is 2.39. The third kappa shape index (κ3) is 12.4. The van der Waals surface area contributed by atoms with E-state index in [0.29, 0.717) is 0 Å². The van der Waals surface area contributed by atoms with E-state index in [0.717, 1.165) is 9.80 Å². The van der Waals surface area contributed by atoms with Crippen molar-refractivity contribution < 1.29 is 69.6 Å². The summed E-state index contributed by atoms with van der Waals surface area (Å²) in [4.78, 5) is 87.1. The van der Waals surface area contributed by atoms with Crippen molar-refractivity contribution in [3.63, 3.8) is 0 Å². The number of rotatable bonds is 16. The standard InChI is InChI=1S/C34H40I6N6O14/c1-43(7-13(51)9-47)31(57)17-21(35)19(25(39)27(23(17)37)41-29(55)15(53)11-49)33(59)45-3-5-46(6-4-45)34(60)20-22(36)18(32(58)44(2)8-14(52)10-48)24(38)28(26(20)40)42-30(56)16(54)12-50/h13-16,47-54H,3-12H2,1-2H3,(H,41,55)(H,42,56). The van der Waals surface area contributed by atoms with Crippen LogP contribution in [0.2, 0.25) is 0 Å². The first-order chi connectivity index (χ1) is 28.1. The Bertz CT molecular complexity index is 1870. The summed E-state index contributed by atoms with van der Waals surface area (Å²) in [5, 5.41) is 82.5. The van der Waals surface area contributed by atoms with Gasteiger partial charge >= 0.3 is 0 Å². The quantitative estimate of drug-likeness (QED) is 0.0935. The number of hydrogen-bond acceptors (Lipinski definition) is 14. The molecule has 0 bridgehead atoms. The van der Waals surface area contributed by atoms with Crippen molar-refractivity contribution >= 4 is 182 Å². The minimum Gasteiger partial charge on any atom is -0.394 e. The molecule has 4 unspecified atom stereocenters. The van der Waals surface area contributed by atoms with Crippen molar-refractivity contribution in [3.8, 4) is 0 Å². The Labute approximate surface area is 425 Å². The van der Waals surface area contributed by atoms with E-state index in [4.69, 9.17) is 0 Å². The molecule has 0 aromatic heterocycles. The lowest BCUT2D eigenvalue weighted by atomic mass is 10.0. The van der Waals surface area contributed by atoms with Gasteiger partial charge in [-0.3, -0.25) is 28.8 Å². The molecule has 1 saturated heterocycles. The van der Waals surface area contributed by atoms with Gasteiger partial charge in [0.15, 0.2) is 12.2 Å². The molecule has 2 aromatic rings. The fourth-order valence-corrected chi connectivity index (χ4v) is 14.3. The molecular weight excluding hydrogens is 1480 g/mol. The minimum absolute atomic E-state index is 0.00451. The first-order valence-corrected chi connectivity index (χ1v) is 23.8. The van der Waals surface area contributed by atoms with Crippen LogP contribution in [0, 0.1) is 21.4 Å². The third-order valence-electron chi connectivity index (χ3n) is 8.88. The zero-order chi connectivity index (χ0) is 45.5. The molecule has 0 spiro atoms. The summed E-state index contributed by atoms with van der Waals surface area (Å²) >= 11 is 10.9. The number of nitrogens with zero attached hydrogens (tertiary/aromatic N) is 4. The van der Waals surface area contributed by atoms with Gasteiger partial charge in [-0.1, -0.05) is 0 Å². The van der Waals surface area contributed by atoms with E-state index in [2.05, 4.69) is 10.6 Å². The van der Waals surface area contributed by atoms with E-state index in [-0.39, 0.29) is 94.3 Å². The van der Waals surface area contributed by atoms with Crippen LogP contribution in [0.15, 0.2) is 0 Å². The Balaban J connectivity index is 2.08. The Morgan fingerprint density at radius 3 is 1.07 bits per heavy atom. The van der Waals surface area contributed by atoms with Crippen molar-refractivity contribution in [2.75, 3.05) is 90.4 Å². The van der Waals surface area contributed by atoms with E-state index in [9.17, 15) is 69.6 Å². The van der Waals surface area contributed by atoms with Crippen molar-refractivity contribution in [2.45, 2.75) is 24.4 Å². The van der Waals surface area contributed by atoms with Crippen molar-refractivity contribution in [1.82, 2.24) is 19.6 Å². The van der Waals surface area contributed by atoms with Gasteiger partial charge in [0.05, 0.1) is 86.5 Å². The zero-order valence-electron chi connectivity index (χ0n) is 31.5. The smallest absolute Gasteiger partial charge is 0.256 e. The van der Waals surface area contributed by atoms with Crippen LogP contribution >= 0.6 is 136 Å². The monoisotopic (exact) mass is 1520 g/mol. The van der Waals surface area contributed by atoms with E-state index in [1.54, 1.807) is 0 Å². The Hall–Kier alpha value is -0.680. The second kappa shape index (κ2) is 24.0. The van der Waals surface area contributed by atoms with Crippen molar-refractivity contribution in [1.29, 1.82) is 0 Å². The van der Waals surface area contributed by atoms with Gasteiger partial charge in [0, 0.05) is 60.5 Å². The van der Waals surface area contributed by atoms with Crippen molar-refractivity contribution in [3.05, 3.63) is 43.7 Å². The van der Waals surface area contributed by atoms with Gasteiger partial charge in [0.25, 0.3) is 35.4 Å². The van der Waals surface area contributed by atoms with Gasteiger partial charge in [0.2, 0.25) is 0 Å². The summed E-state index contributed by atoms with van der Waals surface area (Å²) in [6, 6.07) is 0. The Morgan fingerprint density at radius 2 is 0.800 bits per heavy atom. The fraction of sp³-hybridized carbons (Fsp3) is 0.471. The van der Waals surface area contributed by atoms with Crippen LogP contribution < -0.4 is 10.6 Å². The lowest BCUT2D eigenvalue weighted by Gasteiger charge is -2.36. The van der Waals surface area contributed by atoms with E-state index in [1.807, 2.05) is 136 Å². The van der Waals surface area contributed by atoms with Crippen LogP contribution in [0.25, 0.3) is 0 Å². The second-order valence-corrected chi connectivity index (χ2v) is 19.6. The van der Waals surface area contributed by atoms with Crippen molar-refractivity contribution in [2.24, 2.45) is 0 Å². The lowest BCUT2D eigenvalue weighted by Crippen LogP contribution is -2.51. The maximum Gasteiger partial charge on any atom is 0.256 e. The SMILES string of the molecule is CN(CC(O)CO)C(=O)c1c(I)c(NC(=O)C(O)CO)c(I)c(C(=O)N2CCN(C(=O)c3c(I)c(NC(=O)C(O)CO)c(I)c(C(=O)N(C)CC(O)CO)c3I)CC2)c1I. The summed E-state index contributed by atoms with van der Waals surface area (Å²) in [6.45, 7) is -3.73. The number of piperazine rings is 1. The summed E-state index contributed by atoms with van der Waals surface area (Å²) in [5.41, 5.74) is -0.00998. The number of nitrogens with one attached hydrogen (secondary N) is 2. The van der Waals surface area contributed by atoms with Gasteiger partial charge in [-0.15, -0.1) is 0 Å². The molecule has 0 aliphatic carbocycles. The lowest BCUT2D eigenvalue weighted by molar-refractivity contribution is -0.126. The summed E-state index contributed by atoms with van der Waals surface area (Å²) in [6.07, 6.45) is -6.19. The summed E-state index contributed by atoms with van der Waals surface area (Å²) in [5.74, 6) is -4.49. The summed E-state index contributed by atoms with van der Waals surface area (Å²) < 4.78 is 1.18. The molecule has 0 radical (unpaired) electrons. The van der Waals surface area contributed by atoms with Crippen LogP contribution in [-0.2, 0) is 9.59 Å². The number of anilines is 2.